The van der Waals surface area contributed by atoms with Crippen LogP contribution in [0.3, 0.4) is 0 Å². The topological polar surface area (TPSA) is 33.3 Å². The molecule has 0 spiro atoms. The van der Waals surface area contributed by atoms with E-state index in [0.29, 0.717) is 0 Å². The van der Waals surface area contributed by atoms with Crippen molar-refractivity contribution in [1.29, 1.82) is 0 Å². The Bertz CT molecular complexity index is 49.3. The first-order chi connectivity index (χ1) is 3.85. The van der Waals surface area contributed by atoms with Crippen molar-refractivity contribution in [2.75, 3.05) is 20.7 Å². The first kappa shape index (κ1) is 8.10. The van der Waals surface area contributed by atoms with Crippen LogP contribution in [0.4, 0.5) is 0 Å². The van der Waals surface area contributed by atoms with Crippen molar-refractivity contribution in [3.05, 3.63) is 0 Å². The van der Waals surface area contributed by atoms with Crippen molar-refractivity contribution in [2.24, 2.45) is 0 Å². The van der Waals surface area contributed by atoms with E-state index in [2.05, 4.69) is 9.96 Å². The predicted molar refractivity (Wildman–Crippen MR) is 36.9 cm³/mol. The first-order valence-electron chi connectivity index (χ1n) is 2.81. The van der Waals surface area contributed by atoms with E-state index in [9.17, 15) is 0 Å². The minimum Gasteiger partial charge on any atom is -0.394 e. The van der Waals surface area contributed by atoms with E-state index in [4.69, 9.17) is 4.43 Å². The van der Waals surface area contributed by atoms with Crippen LogP contribution in [0.2, 0.25) is 0 Å². The van der Waals surface area contributed by atoms with E-state index in [1.807, 2.05) is 21.0 Å². The van der Waals surface area contributed by atoms with Crippen LogP contribution < -0.4 is 9.96 Å². The molecule has 0 atom stereocenters. The van der Waals surface area contributed by atoms with Gasteiger partial charge in [-0.3, -0.25) is 0 Å². The third-order valence-electron chi connectivity index (χ3n) is 0.858. The molecule has 2 N–H and O–H groups in total. The second-order valence-corrected chi connectivity index (χ2v) is 3.66. The van der Waals surface area contributed by atoms with E-state index >= 15 is 0 Å². The van der Waals surface area contributed by atoms with E-state index < -0.39 is 9.36 Å². The van der Waals surface area contributed by atoms with E-state index in [0.717, 1.165) is 6.61 Å². The molecule has 0 amide bonds. The lowest BCUT2D eigenvalue weighted by molar-refractivity contribution is 0.329. The fourth-order valence-corrected chi connectivity index (χ4v) is 1.43. The second kappa shape index (κ2) is 5.24. The Morgan fingerprint density at radius 2 is 1.88 bits per heavy atom. The van der Waals surface area contributed by atoms with Crippen LogP contribution in [0.1, 0.15) is 6.92 Å². The van der Waals surface area contributed by atoms with Gasteiger partial charge in [0.1, 0.15) is 0 Å². The molecule has 8 heavy (non-hydrogen) atoms. The largest absolute Gasteiger partial charge is 0.394 e. The Hall–Kier alpha value is 0.0969. The minimum atomic E-state index is -1.19. The van der Waals surface area contributed by atoms with Crippen LogP contribution in [-0.4, -0.2) is 30.1 Å². The quantitative estimate of drug-likeness (QED) is 0.493. The standard InChI is InChI=1S/C4H14N2OSi/c1-4-7-8(5-2)6-3/h5-6,8H,4H2,1-3H3. The van der Waals surface area contributed by atoms with Gasteiger partial charge in [0.25, 0.3) is 0 Å². The summed E-state index contributed by atoms with van der Waals surface area (Å²) >= 11 is 0. The highest BCUT2D eigenvalue weighted by molar-refractivity contribution is 6.45. The molecule has 50 valence electrons. The molecule has 0 aromatic heterocycles. The summed E-state index contributed by atoms with van der Waals surface area (Å²) in [7, 11) is 2.62. The Morgan fingerprint density at radius 3 is 2.00 bits per heavy atom. The molecule has 0 rings (SSSR count). The summed E-state index contributed by atoms with van der Waals surface area (Å²) in [4.78, 5) is 6.12. The highest BCUT2D eigenvalue weighted by Crippen LogP contribution is 1.71. The molecule has 0 radical (unpaired) electrons. The Balaban J connectivity index is 3.07. The molecule has 0 bridgehead atoms. The summed E-state index contributed by atoms with van der Waals surface area (Å²) in [6, 6.07) is 0. The van der Waals surface area contributed by atoms with Crippen molar-refractivity contribution >= 4 is 9.36 Å². The van der Waals surface area contributed by atoms with Gasteiger partial charge in [-0.05, 0) is 21.0 Å². The van der Waals surface area contributed by atoms with Crippen LogP contribution in [0.15, 0.2) is 0 Å². The van der Waals surface area contributed by atoms with Gasteiger partial charge in [0.2, 0.25) is 0 Å². The van der Waals surface area contributed by atoms with Crippen molar-refractivity contribution in [3.63, 3.8) is 0 Å². The van der Waals surface area contributed by atoms with Crippen molar-refractivity contribution < 1.29 is 4.43 Å². The average molecular weight is 134 g/mol. The zero-order chi connectivity index (χ0) is 6.41. The van der Waals surface area contributed by atoms with Crippen LogP contribution in [0.5, 0.6) is 0 Å². The van der Waals surface area contributed by atoms with Crippen molar-refractivity contribution in [3.8, 4) is 0 Å². The van der Waals surface area contributed by atoms with Gasteiger partial charge in [0, 0.05) is 6.61 Å². The van der Waals surface area contributed by atoms with E-state index in [1.165, 1.54) is 0 Å². The number of hydrogen-bond donors (Lipinski definition) is 2. The van der Waals surface area contributed by atoms with Gasteiger partial charge in [-0.1, -0.05) is 0 Å². The summed E-state index contributed by atoms with van der Waals surface area (Å²) in [5.74, 6) is 0. The predicted octanol–water partition coefficient (Wildman–Crippen LogP) is -0.821. The molecule has 3 nitrogen and oxygen atoms in total. The van der Waals surface area contributed by atoms with Gasteiger partial charge < -0.3 is 14.4 Å². The Kier molecular flexibility index (Phi) is 5.30. The molecule has 0 heterocycles. The summed E-state index contributed by atoms with van der Waals surface area (Å²) in [5.41, 5.74) is 0. The van der Waals surface area contributed by atoms with Gasteiger partial charge in [-0.15, -0.1) is 0 Å². The highest BCUT2D eigenvalue weighted by atomic mass is 28.3. The summed E-state index contributed by atoms with van der Waals surface area (Å²) in [6.07, 6.45) is 0. The molecule has 0 saturated carbocycles. The van der Waals surface area contributed by atoms with Gasteiger partial charge in [-0.2, -0.15) is 0 Å². The van der Waals surface area contributed by atoms with Crippen LogP contribution in [-0.2, 0) is 4.43 Å². The molecule has 4 heteroatoms. The van der Waals surface area contributed by atoms with Gasteiger partial charge in [0.15, 0.2) is 0 Å². The Labute approximate surface area is 52.3 Å². The van der Waals surface area contributed by atoms with Crippen LogP contribution >= 0.6 is 0 Å². The normalized spacial score (nSPS) is 10.5. The molecule has 0 saturated heterocycles. The summed E-state index contributed by atoms with van der Waals surface area (Å²) < 4.78 is 5.26. The fraction of sp³-hybridized carbons (Fsp3) is 1.00. The molecule has 0 aromatic rings. The number of nitrogens with one attached hydrogen (secondary N) is 2. The molecular formula is C4H14N2OSi. The first-order valence-corrected chi connectivity index (χ1v) is 4.43. The fourth-order valence-electron chi connectivity index (χ4n) is 0.478. The Morgan fingerprint density at radius 1 is 1.38 bits per heavy atom. The van der Waals surface area contributed by atoms with Crippen molar-refractivity contribution in [1.82, 2.24) is 9.96 Å². The molecule has 0 fully saturated rings. The monoisotopic (exact) mass is 134 g/mol. The summed E-state index contributed by atoms with van der Waals surface area (Å²) in [5, 5.41) is 0. The number of rotatable bonds is 4. The van der Waals surface area contributed by atoms with Gasteiger partial charge in [0.05, 0.1) is 0 Å². The molecule has 0 aliphatic rings. The third-order valence-corrected chi connectivity index (χ3v) is 2.57. The third kappa shape index (κ3) is 3.14. The lowest BCUT2D eigenvalue weighted by Crippen LogP contribution is -2.46. The minimum absolute atomic E-state index is 0.790. The van der Waals surface area contributed by atoms with Gasteiger partial charge in [-0.25, -0.2) is 0 Å². The highest BCUT2D eigenvalue weighted by Gasteiger charge is 2.01. The van der Waals surface area contributed by atoms with E-state index in [-0.39, 0.29) is 0 Å². The van der Waals surface area contributed by atoms with E-state index in [1.54, 1.807) is 0 Å². The second-order valence-electron chi connectivity index (χ2n) is 1.41. The van der Waals surface area contributed by atoms with Crippen LogP contribution in [0, 0.1) is 0 Å². The molecule has 0 aliphatic carbocycles. The molecule has 0 unspecified atom stereocenters. The zero-order valence-corrected chi connectivity index (χ0v) is 6.85. The molecular weight excluding hydrogens is 120 g/mol. The maximum Gasteiger partial charge on any atom is 0.334 e. The summed E-state index contributed by atoms with van der Waals surface area (Å²) in [6.45, 7) is 2.78. The zero-order valence-electron chi connectivity index (χ0n) is 5.69. The number of hydrogen-bond acceptors (Lipinski definition) is 3. The lowest BCUT2D eigenvalue weighted by Gasteiger charge is -2.10. The maximum atomic E-state index is 5.26. The lowest BCUT2D eigenvalue weighted by atomic mass is 10.9. The maximum absolute atomic E-state index is 5.26. The smallest absolute Gasteiger partial charge is 0.334 e. The average Bonchev–Trinajstić information content (AvgIpc) is 1.83. The molecule has 0 aliphatic heterocycles. The van der Waals surface area contributed by atoms with Crippen molar-refractivity contribution in [2.45, 2.75) is 6.92 Å². The SMILES string of the molecule is CCO[SiH](NC)NC. The molecule has 0 aromatic carbocycles. The van der Waals surface area contributed by atoms with Gasteiger partial charge >= 0.3 is 9.36 Å². The van der Waals surface area contributed by atoms with Crippen LogP contribution in [0.25, 0.3) is 0 Å².